The van der Waals surface area contributed by atoms with Gasteiger partial charge in [0, 0.05) is 25.2 Å². The summed E-state index contributed by atoms with van der Waals surface area (Å²) >= 11 is 0. The molecule has 0 unspecified atom stereocenters. The smallest absolute Gasteiger partial charge is 0.251 e. The normalized spacial score (nSPS) is 10.1. The van der Waals surface area contributed by atoms with Crippen molar-refractivity contribution in [2.45, 2.75) is 6.92 Å². The summed E-state index contributed by atoms with van der Waals surface area (Å²) in [7, 11) is 0. The minimum absolute atomic E-state index is 0.0108. The van der Waals surface area contributed by atoms with Crippen LogP contribution in [0.2, 0.25) is 0 Å². The monoisotopic (exact) mass is 279 g/mol. The van der Waals surface area contributed by atoms with Gasteiger partial charge in [-0.3, -0.25) is 9.59 Å². The van der Waals surface area contributed by atoms with Gasteiger partial charge in [-0.2, -0.15) is 0 Å². The van der Waals surface area contributed by atoms with E-state index in [4.69, 9.17) is 10.5 Å². The SMILES string of the molecule is Cc1ccc(C(=O)NCCNC(=O)COCCN)cc1. The highest BCUT2D eigenvalue weighted by Gasteiger charge is 2.04. The number of carbonyl (C=O) groups excluding carboxylic acids is 2. The van der Waals surface area contributed by atoms with Gasteiger partial charge >= 0.3 is 0 Å². The van der Waals surface area contributed by atoms with E-state index in [1.807, 2.05) is 19.1 Å². The molecular weight excluding hydrogens is 258 g/mol. The molecule has 110 valence electrons. The molecule has 0 aliphatic heterocycles. The van der Waals surface area contributed by atoms with Gasteiger partial charge in [0.05, 0.1) is 6.61 Å². The number of ether oxygens (including phenoxy) is 1. The summed E-state index contributed by atoms with van der Waals surface area (Å²) in [5, 5.41) is 5.36. The van der Waals surface area contributed by atoms with Crippen molar-refractivity contribution < 1.29 is 14.3 Å². The van der Waals surface area contributed by atoms with Crippen LogP contribution in [0.15, 0.2) is 24.3 Å². The second-order valence-electron chi connectivity index (χ2n) is 4.31. The highest BCUT2D eigenvalue weighted by Crippen LogP contribution is 2.02. The van der Waals surface area contributed by atoms with E-state index >= 15 is 0 Å². The lowest BCUT2D eigenvalue weighted by Gasteiger charge is -2.07. The summed E-state index contributed by atoms with van der Waals surface area (Å²) in [5.74, 6) is -0.373. The van der Waals surface area contributed by atoms with Crippen LogP contribution < -0.4 is 16.4 Å². The number of hydrogen-bond acceptors (Lipinski definition) is 4. The van der Waals surface area contributed by atoms with Crippen molar-refractivity contribution in [1.82, 2.24) is 10.6 Å². The van der Waals surface area contributed by atoms with Gasteiger partial charge in [0.1, 0.15) is 6.61 Å². The number of hydrogen-bond donors (Lipinski definition) is 3. The third kappa shape index (κ3) is 6.31. The molecule has 0 aromatic heterocycles. The van der Waals surface area contributed by atoms with Crippen molar-refractivity contribution in [2.75, 3.05) is 32.8 Å². The van der Waals surface area contributed by atoms with Crippen LogP contribution in [-0.2, 0) is 9.53 Å². The molecule has 6 heteroatoms. The van der Waals surface area contributed by atoms with E-state index in [-0.39, 0.29) is 18.4 Å². The second-order valence-corrected chi connectivity index (χ2v) is 4.31. The van der Waals surface area contributed by atoms with Crippen molar-refractivity contribution in [1.29, 1.82) is 0 Å². The first-order valence-electron chi connectivity index (χ1n) is 6.53. The van der Waals surface area contributed by atoms with Crippen LogP contribution in [0.5, 0.6) is 0 Å². The predicted molar refractivity (Wildman–Crippen MR) is 76.4 cm³/mol. The van der Waals surface area contributed by atoms with E-state index in [1.165, 1.54) is 0 Å². The fourth-order valence-electron chi connectivity index (χ4n) is 1.48. The van der Waals surface area contributed by atoms with Crippen LogP contribution in [0, 0.1) is 6.92 Å². The van der Waals surface area contributed by atoms with E-state index in [2.05, 4.69) is 10.6 Å². The van der Waals surface area contributed by atoms with Gasteiger partial charge in [0.2, 0.25) is 5.91 Å². The van der Waals surface area contributed by atoms with Crippen LogP contribution in [0.4, 0.5) is 0 Å². The van der Waals surface area contributed by atoms with Gasteiger partial charge in [0.15, 0.2) is 0 Å². The van der Waals surface area contributed by atoms with Crippen LogP contribution in [0.3, 0.4) is 0 Å². The lowest BCUT2D eigenvalue weighted by atomic mass is 10.1. The molecule has 0 radical (unpaired) electrons. The van der Waals surface area contributed by atoms with Crippen molar-refractivity contribution in [3.63, 3.8) is 0 Å². The highest BCUT2D eigenvalue weighted by molar-refractivity contribution is 5.94. The van der Waals surface area contributed by atoms with E-state index in [9.17, 15) is 9.59 Å². The van der Waals surface area contributed by atoms with Crippen molar-refractivity contribution in [3.8, 4) is 0 Å². The van der Waals surface area contributed by atoms with E-state index in [0.717, 1.165) is 5.56 Å². The van der Waals surface area contributed by atoms with Gasteiger partial charge in [0.25, 0.3) is 5.91 Å². The fourth-order valence-corrected chi connectivity index (χ4v) is 1.48. The van der Waals surface area contributed by atoms with Gasteiger partial charge in [-0.05, 0) is 19.1 Å². The lowest BCUT2D eigenvalue weighted by molar-refractivity contribution is -0.125. The minimum Gasteiger partial charge on any atom is -0.370 e. The summed E-state index contributed by atoms with van der Waals surface area (Å²) in [6.45, 7) is 3.43. The van der Waals surface area contributed by atoms with Crippen molar-refractivity contribution in [2.24, 2.45) is 5.73 Å². The quantitative estimate of drug-likeness (QED) is 0.575. The van der Waals surface area contributed by atoms with Crippen LogP contribution >= 0.6 is 0 Å². The molecule has 0 heterocycles. The zero-order valence-electron chi connectivity index (χ0n) is 11.6. The topological polar surface area (TPSA) is 93.5 Å². The minimum atomic E-state index is -0.219. The number of amides is 2. The Hall–Kier alpha value is -1.92. The molecule has 0 aliphatic rings. The number of aryl methyl sites for hydroxylation is 1. The van der Waals surface area contributed by atoms with Crippen molar-refractivity contribution in [3.05, 3.63) is 35.4 Å². The molecule has 1 rings (SSSR count). The molecular formula is C14H21N3O3. The third-order valence-electron chi connectivity index (χ3n) is 2.54. The average molecular weight is 279 g/mol. The Morgan fingerprint density at radius 1 is 1.15 bits per heavy atom. The Bertz CT molecular complexity index is 432. The molecule has 0 fully saturated rings. The summed E-state index contributed by atoms with van der Waals surface area (Å²) < 4.78 is 4.98. The number of benzene rings is 1. The second kappa shape index (κ2) is 9.06. The molecule has 20 heavy (non-hydrogen) atoms. The fraction of sp³-hybridized carbons (Fsp3) is 0.429. The Morgan fingerprint density at radius 2 is 1.80 bits per heavy atom. The Balaban J connectivity index is 2.16. The highest BCUT2D eigenvalue weighted by atomic mass is 16.5. The number of nitrogens with two attached hydrogens (primary N) is 1. The largest absolute Gasteiger partial charge is 0.370 e. The Labute approximate surface area is 118 Å². The van der Waals surface area contributed by atoms with E-state index < -0.39 is 0 Å². The molecule has 4 N–H and O–H groups in total. The molecule has 2 amide bonds. The molecule has 0 aliphatic carbocycles. The summed E-state index contributed by atoms with van der Waals surface area (Å²) in [6, 6.07) is 7.30. The average Bonchev–Trinajstić information content (AvgIpc) is 2.44. The molecule has 0 saturated carbocycles. The summed E-state index contributed by atoms with van der Waals surface area (Å²) in [5.41, 5.74) is 6.94. The first-order chi connectivity index (χ1) is 9.63. The number of nitrogens with one attached hydrogen (secondary N) is 2. The maximum absolute atomic E-state index is 11.7. The lowest BCUT2D eigenvalue weighted by Crippen LogP contribution is -2.36. The molecule has 0 saturated heterocycles. The third-order valence-corrected chi connectivity index (χ3v) is 2.54. The molecule has 1 aromatic carbocycles. The first-order valence-corrected chi connectivity index (χ1v) is 6.53. The Kier molecular flexibility index (Phi) is 7.31. The summed E-state index contributed by atoms with van der Waals surface area (Å²) in [6.07, 6.45) is 0. The molecule has 0 bridgehead atoms. The van der Waals surface area contributed by atoms with Crippen LogP contribution in [0.1, 0.15) is 15.9 Å². The standard InChI is InChI=1S/C14H21N3O3/c1-11-2-4-12(5-3-11)14(19)17-8-7-16-13(18)10-20-9-6-15/h2-5H,6-10,15H2,1H3,(H,16,18)(H,17,19). The van der Waals surface area contributed by atoms with Gasteiger partial charge < -0.3 is 21.1 Å². The van der Waals surface area contributed by atoms with E-state index in [0.29, 0.717) is 31.8 Å². The molecule has 1 aromatic rings. The molecule has 6 nitrogen and oxygen atoms in total. The predicted octanol–water partition coefficient (Wildman–Crippen LogP) is -0.184. The summed E-state index contributed by atoms with van der Waals surface area (Å²) in [4.78, 5) is 23.0. The number of rotatable bonds is 8. The van der Waals surface area contributed by atoms with Crippen LogP contribution in [0.25, 0.3) is 0 Å². The molecule has 0 spiro atoms. The van der Waals surface area contributed by atoms with Gasteiger partial charge in [-0.15, -0.1) is 0 Å². The van der Waals surface area contributed by atoms with Gasteiger partial charge in [-0.25, -0.2) is 0 Å². The van der Waals surface area contributed by atoms with E-state index in [1.54, 1.807) is 12.1 Å². The zero-order valence-corrected chi connectivity index (χ0v) is 11.6. The zero-order chi connectivity index (χ0) is 14.8. The van der Waals surface area contributed by atoms with Crippen molar-refractivity contribution >= 4 is 11.8 Å². The first kappa shape index (κ1) is 16.1. The van der Waals surface area contributed by atoms with Gasteiger partial charge in [-0.1, -0.05) is 17.7 Å². The molecule has 0 atom stereocenters. The Morgan fingerprint density at radius 3 is 2.45 bits per heavy atom. The maximum atomic E-state index is 11.7. The van der Waals surface area contributed by atoms with Crippen LogP contribution in [-0.4, -0.2) is 44.7 Å². The maximum Gasteiger partial charge on any atom is 0.251 e. The number of carbonyl (C=O) groups is 2.